The highest BCUT2D eigenvalue weighted by molar-refractivity contribution is 7.89. The summed E-state index contributed by atoms with van der Waals surface area (Å²) in [5.74, 6) is 0. The van der Waals surface area contributed by atoms with Crippen molar-refractivity contribution in [2.24, 2.45) is 0 Å². The molecule has 126 valence electrons. The molecule has 24 heavy (non-hydrogen) atoms. The fourth-order valence-corrected chi connectivity index (χ4v) is 3.37. The highest BCUT2D eigenvalue weighted by Gasteiger charge is 2.18. The van der Waals surface area contributed by atoms with Crippen LogP contribution in [0.2, 0.25) is 0 Å². The van der Waals surface area contributed by atoms with E-state index in [0.717, 1.165) is 15.5 Å². The Labute approximate surface area is 139 Å². The van der Waals surface area contributed by atoms with E-state index in [1.165, 1.54) is 37.0 Å². The Morgan fingerprint density at radius 1 is 1.17 bits per heavy atom. The lowest BCUT2D eigenvalue weighted by Crippen LogP contribution is -2.26. The first-order chi connectivity index (χ1) is 11.3. The number of aromatic nitrogens is 3. The maximum atomic E-state index is 12.2. The third-order valence-electron chi connectivity index (χ3n) is 3.80. The first-order valence-corrected chi connectivity index (χ1v) is 8.79. The lowest BCUT2D eigenvalue weighted by molar-refractivity contribution is 0.519. The molecule has 3 aromatic rings. The summed E-state index contributed by atoms with van der Waals surface area (Å²) in [7, 11) is -0.684. The second kappa shape index (κ2) is 5.88. The van der Waals surface area contributed by atoms with Gasteiger partial charge in [-0.3, -0.25) is 4.79 Å². The van der Waals surface area contributed by atoms with Gasteiger partial charge in [-0.15, -0.1) is 0 Å². The smallest absolute Gasteiger partial charge is 0.250 e. The van der Waals surface area contributed by atoms with E-state index < -0.39 is 10.0 Å². The minimum Gasteiger partial charge on any atom is -0.308 e. The molecule has 0 aliphatic rings. The van der Waals surface area contributed by atoms with Crippen LogP contribution in [0.1, 0.15) is 11.3 Å². The number of rotatable bonds is 4. The van der Waals surface area contributed by atoms with Crippen molar-refractivity contribution in [2.45, 2.75) is 18.4 Å². The van der Waals surface area contributed by atoms with Crippen molar-refractivity contribution in [3.63, 3.8) is 0 Å². The third kappa shape index (κ3) is 2.85. The van der Waals surface area contributed by atoms with Gasteiger partial charge >= 0.3 is 0 Å². The fourth-order valence-electron chi connectivity index (χ4n) is 2.45. The standard InChI is InChI=1S/C16H18N4O3S/c1-12-5-4-8-19-9-13(17-16(12)19)10-20-11-14(6-7-15(20)21)24(22,23)18(2)3/h4-9,11H,10H2,1-3H3. The SMILES string of the molecule is Cc1cccn2cc(Cn3cc(S(=O)(=O)N(C)C)ccc3=O)nc12. The topological polar surface area (TPSA) is 76.7 Å². The van der Waals surface area contributed by atoms with Gasteiger partial charge in [0.05, 0.1) is 17.1 Å². The van der Waals surface area contributed by atoms with Gasteiger partial charge in [0, 0.05) is 38.8 Å². The normalized spacial score (nSPS) is 12.2. The molecule has 0 unspecified atom stereocenters. The summed E-state index contributed by atoms with van der Waals surface area (Å²) in [5.41, 5.74) is 2.25. The van der Waals surface area contributed by atoms with Gasteiger partial charge in [0.1, 0.15) is 5.65 Å². The van der Waals surface area contributed by atoms with Crippen molar-refractivity contribution in [3.05, 3.63) is 64.5 Å². The van der Waals surface area contributed by atoms with Crippen LogP contribution in [0.4, 0.5) is 0 Å². The summed E-state index contributed by atoms with van der Waals surface area (Å²) < 4.78 is 28.8. The summed E-state index contributed by atoms with van der Waals surface area (Å²) in [4.78, 5) is 16.7. The first-order valence-electron chi connectivity index (χ1n) is 7.35. The van der Waals surface area contributed by atoms with E-state index in [-0.39, 0.29) is 17.0 Å². The van der Waals surface area contributed by atoms with Crippen LogP contribution >= 0.6 is 0 Å². The highest BCUT2D eigenvalue weighted by atomic mass is 32.2. The van der Waals surface area contributed by atoms with E-state index in [1.54, 1.807) is 0 Å². The van der Waals surface area contributed by atoms with Crippen LogP contribution in [0.5, 0.6) is 0 Å². The van der Waals surface area contributed by atoms with Crippen LogP contribution in [0.25, 0.3) is 5.65 Å². The molecule has 0 N–H and O–H groups in total. The Bertz CT molecular complexity index is 1060. The molecule has 0 amide bonds. The van der Waals surface area contributed by atoms with Crippen molar-refractivity contribution >= 4 is 15.7 Å². The predicted molar refractivity (Wildman–Crippen MR) is 90.6 cm³/mol. The van der Waals surface area contributed by atoms with Crippen LogP contribution in [-0.2, 0) is 16.6 Å². The molecule has 0 fully saturated rings. The van der Waals surface area contributed by atoms with Crippen LogP contribution in [-0.4, -0.2) is 40.8 Å². The number of fused-ring (bicyclic) bond motifs is 1. The number of nitrogens with zero attached hydrogens (tertiary/aromatic N) is 4. The number of sulfonamides is 1. The zero-order valence-electron chi connectivity index (χ0n) is 13.7. The Kier molecular flexibility index (Phi) is 4.02. The molecular weight excluding hydrogens is 328 g/mol. The summed E-state index contributed by atoms with van der Waals surface area (Å²) in [6.07, 6.45) is 5.07. The van der Waals surface area contributed by atoms with Gasteiger partial charge in [-0.05, 0) is 24.6 Å². The van der Waals surface area contributed by atoms with E-state index in [4.69, 9.17) is 0 Å². The third-order valence-corrected chi connectivity index (χ3v) is 5.59. The van der Waals surface area contributed by atoms with Crippen LogP contribution in [0.15, 0.2) is 52.5 Å². The van der Waals surface area contributed by atoms with Crippen molar-refractivity contribution in [2.75, 3.05) is 14.1 Å². The van der Waals surface area contributed by atoms with Gasteiger partial charge in [0.2, 0.25) is 10.0 Å². The summed E-state index contributed by atoms with van der Waals surface area (Å²) in [5, 5.41) is 0. The largest absolute Gasteiger partial charge is 0.308 e. The van der Waals surface area contributed by atoms with Crippen molar-refractivity contribution in [1.29, 1.82) is 0 Å². The minimum atomic E-state index is -3.59. The molecule has 3 heterocycles. The molecule has 0 aromatic carbocycles. The lowest BCUT2D eigenvalue weighted by Gasteiger charge is -2.12. The molecule has 3 rings (SSSR count). The monoisotopic (exact) mass is 346 g/mol. The van der Waals surface area contributed by atoms with Gasteiger partial charge in [-0.1, -0.05) is 6.07 Å². The average molecular weight is 346 g/mol. The Hall–Kier alpha value is -2.45. The molecule has 7 nitrogen and oxygen atoms in total. The fraction of sp³-hybridized carbons (Fsp3) is 0.250. The molecule has 0 spiro atoms. The summed E-state index contributed by atoms with van der Waals surface area (Å²) >= 11 is 0. The maximum absolute atomic E-state index is 12.2. The molecule has 0 bridgehead atoms. The van der Waals surface area contributed by atoms with Gasteiger partial charge in [-0.25, -0.2) is 17.7 Å². The number of imidazole rings is 1. The molecule has 0 saturated carbocycles. The van der Waals surface area contributed by atoms with E-state index in [0.29, 0.717) is 5.69 Å². The molecule has 8 heteroatoms. The van der Waals surface area contributed by atoms with Crippen molar-refractivity contribution in [1.82, 2.24) is 18.3 Å². The lowest BCUT2D eigenvalue weighted by atomic mass is 10.3. The zero-order valence-corrected chi connectivity index (χ0v) is 14.5. The molecule has 0 aliphatic carbocycles. The van der Waals surface area contributed by atoms with Gasteiger partial charge in [0.15, 0.2) is 0 Å². The van der Waals surface area contributed by atoms with Crippen LogP contribution < -0.4 is 5.56 Å². The molecule has 0 radical (unpaired) electrons. The van der Waals surface area contributed by atoms with E-state index >= 15 is 0 Å². The van der Waals surface area contributed by atoms with Gasteiger partial charge in [0.25, 0.3) is 5.56 Å². The second-order valence-corrected chi connectivity index (χ2v) is 7.92. The summed E-state index contributed by atoms with van der Waals surface area (Å²) in [6.45, 7) is 2.17. The van der Waals surface area contributed by atoms with Crippen molar-refractivity contribution in [3.8, 4) is 0 Å². The molecule has 3 aromatic heterocycles. The Balaban J connectivity index is 2.03. The maximum Gasteiger partial charge on any atom is 0.250 e. The summed E-state index contributed by atoms with van der Waals surface area (Å²) in [6, 6.07) is 6.46. The Morgan fingerprint density at radius 3 is 2.58 bits per heavy atom. The molecular formula is C16H18N4O3S. The van der Waals surface area contributed by atoms with Crippen LogP contribution in [0.3, 0.4) is 0 Å². The zero-order chi connectivity index (χ0) is 17.5. The number of pyridine rings is 2. The average Bonchev–Trinajstić information content (AvgIpc) is 2.93. The van der Waals surface area contributed by atoms with Gasteiger partial charge < -0.3 is 8.97 Å². The van der Waals surface area contributed by atoms with E-state index in [1.807, 2.05) is 35.9 Å². The number of hydrogen-bond acceptors (Lipinski definition) is 4. The first kappa shape index (κ1) is 16.4. The Morgan fingerprint density at radius 2 is 1.92 bits per heavy atom. The highest BCUT2D eigenvalue weighted by Crippen LogP contribution is 2.13. The van der Waals surface area contributed by atoms with Crippen molar-refractivity contribution < 1.29 is 8.42 Å². The number of hydrogen-bond donors (Lipinski definition) is 0. The van der Waals surface area contributed by atoms with Crippen LogP contribution in [0, 0.1) is 6.92 Å². The quantitative estimate of drug-likeness (QED) is 0.709. The van der Waals surface area contributed by atoms with E-state index in [2.05, 4.69) is 4.98 Å². The van der Waals surface area contributed by atoms with E-state index in [9.17, 15) is 13.2 Å². The number of aryl methyl sites for hydroxylation is 1. The van der Waals surface area contributed by atoms with Gasteiger partial charge in [-0.2, -0.15) is 0 Å². The molecule has 0 aliphatic heterocycles. The molecule has 0 saturated heterocycles. The minimum absolute atomic E-state index is 0.0760. The molecule has 0 atom stereocenters. The second-order valence-electron chi connectivity index (χ2n) is 5.77. The predicted octanol–water partition coefficient (Wildman–Crippen LogP) is 1.10.